The Morgan fingerprint density at radius 2 is 1.87 bits per heavy atom. The first kappa shape index (κ1) is 21.1. The maximum atomic E-state index is 13.2. The van der Waals surface area contributed by atoms with Gasteiger partial charge in [-0.25, -0.2) is 0 Å². The van der Waals surface area contributed by atoms with E-state index < -0.39 is 10.1 Å². The van der Waals surface area contributed by atoms with Crippen LogP contribution in [0.5, 0.6) is 5.75 Å². The molecule has 0 saturated carbocycles. The van der Waals surface area contributed by atoms with E-state index in [1.165, 1.54) is 0 Å². The number of rotatable bonds is 7. The average Bonchev–Trinajstić information content (AvgIpc) is 3.34. The number of hydrogen-bond donors (Lipinski definition) is 0. The maximum Gasteiger partial charge on any atom is 0.274 e. The van der Waals surface area contributed by atoms with Crippen LogP contribution in [0.15, 0.2) is 66.9 Å². The van der Waals surface area contributed by atoms with Crippen LogP contribution in [0.25, 0.3) is 0 Å². The second-order valence-corrected chi connectivity index (χ2v) is 9.24. The Morgan fingerprint density at radius 3 is 2.55 bits per heavy atom. The lowest BCUT2D eigenvalue weighted by Gasteiger charge is -2.19. The molecule has 0 bridgehead atoms. The van der Waals surface area contributed by atoms with Gasteiger partial charge in [-0.05, 0) is 29.3 Å². The first-order valence-electron chi connectivity index (χ1n) is 9.90. The molecule has 7 nitrogen and oxygen atoms in total. The Kier molecular flexibility index (Phi) is 5.84. The number of benzene rings is 2. The Hall–Kier alpha value is -3.10. The second-order valence-electron chi connectivity index (χ2n) is 7.60. The fourth-order valence-corrected chi connectivity index (χ4v) is 4.12. The Morgan fingerprint density at radius 1 is 1.10 bits per heavy atom. The fourth-order valence-electron chi connectivity index (χ4n) is 3.71. The Labute approximate surface area is 181 Å². The maximum absolute atomic E-state index is 13.2. The molecule has 0 fully saturated rings. The van der Waals surface area contributed by atoms with E-state index in [2.05, 4.69) is 0 Å². The van der Waals surface area contributed by atoms with Crippen molar-refractivity contribution in [2.75, 3.05) is 24.3 Å². The van der Waals surface area contributed by atoms with Gasteiger partial charge in [0.05, 0.1) is 18.6 Å². The van der Waals surface area contributed by atoms with Crippen molar-refractivity contribution in [1.29, 1.82) is 0 Å². The standard InChI is InChI=1S/C23H24N2O5S/c1-24-12-6-9-21(24)23(26)25-14-18(16-30-31(2,27)28)20-11-10-19(13-22(20)25)29-15-17-7-4-3-5-8-17/h3-13,18H,14-16H2,1-2H3. The normalized spacial score (nSPS) is 15.7. The van der Waals surface area contributed by atoms with Crippen molar-refractivity contribution in [3.8, 4) is 5.75 Å². The molecule has 1 aliphatic rings. The third kappa shape index (κ3) is 4.81. The number of carbonyl (C=O) groups is 1. The first-order chi connectivity index (χ1) is 14.8. The van der Waals surface area contributed by atoms with Gasteiger partial charge in [-0.1, -0.05) is 36.4 Å². The lowest BCUT2D eigenvalue weighted by molar-refractivity contribution is 0.0979. The van der Waals surface area contributed by atoms with Crippen LogP contribution >= 0.6 is 0 Å². The molecule has 1 amide bonds. The minimum absolute atomic E-state index is 0.0209. The molecule has 0 spiro atoms. The molecule has 1 aliphatic heterocycles. The highest BCUT2D eigenvalue weighted by atomic mass is 32.2. The Bertz CT molecular complexity index is 1190. The van der Waals surface area contributed by atoms with Gasteiger partial charge >= 0.3 is 0 Å². The summed E-state index contributed by atoms with van der Waals surface area (Å²) in [7, 11) is -1.77. The Balaban J connectivity index is 1.62. The molecule has 0 N–H and O–H groups in total. The van der Waals surface area contributed by atoms with Crippen molar-refractivity contribution >= 4 is 21.7 Å². The zero-order chi connectivity index (χ0) is 22.0. The van der Waals surface area contributed by atoms with Gasteiger partial charge in [0, 0.05) is 31.8 Å². The first-order valence-corrected chi connectivity index (χ1v) is 11.7. The molecule has 0 radical (unpaired) electrons. The molecule has 162 valence electrons. The minimum atomic E-state index is -3.58. The topological polar surface area (TPSA) is 77.8 Å². The van der Waals surface area contributed by atoms with Crippen LogP contribution < -0.4 is 9.64 Å². The SMILES string of the molecule is Cn1cccc1C(=O)N1CC(COS(C)(=O)=O)c2ccc(OCc3ccccc3)cc21. The lowest BCUT2D eigenvalue weighted by Crippen LogP contribution is -2.32. The molecule has 1 aromatic heterocycles. The van der Waals surface area contributed by atoms with E-state index in [1.54, 1.807) is 15.5 Å². The molecule has 2 aromatic carbocycles. The monoisotopic (exact) mass is 440 g/mol. The summed E-state index contributed by atoms with van der Waals surface area (Å²) in [5.41, 5.74) is 3.16. The van der Waals surface area contributed by atoms with Gasteiger partial charge in [-0.2, -0.15) is 8.42 Å². The summed E-state index contributed by atoms with van der Waals surface area (Å²) in [6.45, 7) is 0.718. The highest BCUT2D eigenvalue weighted by molar-refractivity contribution is 7.85. The summed E-state index contributed by atoms with van der Waals surface area (Å²) in [5, 5.41) is 0. The molecule has 0 aliphatic carbocycles. The van der Waals surface area contributed by atoms with Crippen molar-refractivity contribution in [1.82, 2.24) is 4.57 Å². The molecule has 4 rings (SSSR count). The molecular weight excluding hydrogens is 416 g/mol. The van der Waals surface area contributed by atoms with Crippen molar-refractivity contribution in [2.45, 2.75) is 12.5 Å². The second kappa shape index (κ2) is 8.56. The van der Waals surface area contributed by atoms with Crippen molar-refractivity contribution in [2.24, 2.45) is 7.05 Å². The van der Waals surface area contributed by atoms with E-state index in [-0.39, 0.29) is 18.4 Å². The zero-order valence-electron chi connectivity index (χ0n) is 17.4. The van der Waals surface area contributed by atoms with Gasteiger partial charge in [-0.15, -0.1) is 0 Å². The van der Waals surface area contributed by atoms with E-state index in [4.69, 9.17) is 8.92 Å². The summed E-state index contributed by atoms with van der Waals surface area (Å²) in [6.07, 6.45) is 2.84. The zero-order valence-corrected chi connectivity index (χ0v) is 18.2. The average molecular weight is 441 g/mol. The van der Waals surface area contributed by atoms with Gasteiger partial charge in [-0.3, -0.25) is 8.98 Å². The van der Waals surface area contributed by atoms with Gasteiger partial charge in [0.1, 0.15) is 18.1 Å². The summed E-state index contributed by atoms with van der Waals surface area (Å²) in [6, 6.07) is 18.9. The number of aromatic nitrogens is 1. The van der Waals surface area contributed by atoms with Crippen LogP contribution in [0.2, 0.25) is 0 Å². The molecule has 3 aromatic rings. The largest absolute Gasteiger partial charge is 0.489 e. The molecule has 31 heavy (non-hydrogen) atoms. The van der Waals surface area contributed by atoms with Gasteiger partial charge < -0.3 is 14.2 Å². The van der Waals surface area contributed by atoms with Crippen molar-refractivity contribution < 1.29 is 22.1 Å². The van der Waals surface area contributed by atoms with Crippen molar-refractivity contribution in [3.63, 3.8) is 0 Å². The molecule has 8 heteroatoms. The summed E-state index contributed by atoms with van der Waals surface area (Å²) >= 11 is 0. The third-order valence-corrected chi connectivity index (χ3v) is 5.84. The highest BCUT2D eigenvalue weighted by Gasteiger charge is 2.34. The van der Waals surface area contributed by atoms with Crippen LogP contribution in [0.4, 0.5) is 5.69 Å². The van der Waals surface area contributed by atoms with Gasteiger partial charge in [0.2, 0.25) is 0 Å². The quantitative estimate of drug-likeness (QED) is 0.527. The number of anilines is 1. The number of nitrogens with zero attached hydrogens (tertiary/aromatic N) is 2. The summed E-state index contributed by atoms with van der Waals surface area (Å²) in [4.78, 5) is 14.9. The number of aryl methyl sites for hydroxylation is 1. The van der Waals surface area contributed by atoms with Crippen LogP contribution in [-0.4, -0.2) is 38.3 Å². The number of carbonyl (C=O) groups excluding carboxylic acids is 1. The van der Waals surface area contributed by atoms with E-state index >= 15 is 0 Å². The molecule has 0 saturated heterocycles. The van der Waals surface area contributed by atoms with E-state index in [0.29, 0.717) is 30.3 Å². The molecule has 1 unspecified atom stereocenters. The van der Waals surface area contributed by atoms with Crippen molar-refractivity contribution in [3.05, 3.63) is 83.7 Å². The predicted molar refractivity (Wildman–Crippen MR) is 118 cm³/mol. The van der Waals surface area contributed by atoms with Crippen LogP contribution in [0, 0.1) is 0 Å². The highest BCUT2D eigenvalue weighted by Crippen LogP contribution is 2.40. The van der Waals surface area contributed by atoms with Gasteiger partial charge in [0.25, 0.3) is 16.0 Å². The summed E-state index contributed by atoms with van der Waals surface area (Å²) < 4.78 is 35.7. The minimum Gasteiger partial charge on any atom is -0.489 e. The summed E-state index contributed by atoms with van der Waals surface area (Å²) in [5.74, 6) is 0.227. The molecule has 1 atom stereocenters. The van der Waals surface area contributed by atoms with Crippen LogP contribution in [-0.2, 0) is 28.0 Å². The van der Waals surface area contributed by atoms with E-state index in [1.807, 2.05) is 67.8 Å². The number of fused-ring (bicyclic) bond motifs is 1. The number of ether oxygens (including phenoxy) is 1. The molecule has 2 heterocycles. The van der Waals surface area contributed by atoms with Crippen LogP contribution in [0.1, 0.15) is 27.5 Å². The fraction of sp³-hybridized carbons (Fsp3) is 0.261. The predicted octanol–water partition coefficient (Wildman–Crippen LogP) is 3.32. The smallest absolute Gasteiger partial charge is 0.274 e. The van der Waals surface area contributed by atoms with Gasteiger partial charge in [0.15, 0.2) is 0 Å². The van der Waals surface area contributed by atoms with Crippen LogP contribution in [0.3, 0.4) is 0 Å². The van der Waals surface area contributed by atoms with E-state index in [9.17, 15) is 13.2 Å². The number of amides is 1. The van der Waals surface area contributed by atoms with E-state index in [0.717, 1.165) is 17.4 Å². The lowest BCUT2D eigenvalue weighted by atomic mass is 10.0. The molecular formula is C23H24N2O5S. The number of hydrogen-bond acceptors (Lipinski definition) is 5. The third-order valence-electron chi connectivity index (χ3n) is 5.28.